The highest BCUT2D eigenvalue weighted by Gasteiger charge is 2.09. The van der Waals surface area contributed by atoms with E-state index < -0.39 is 5.97 Å². The molecular formula is C15H12BrNO3. The summed E-state index contributed by atoms with van der Waals surface area (Å²) in [5, 5.41) is 2.74. The molecule has 0 bridgehead atoms. The van der Waals surface area contributed by atoms with Gasteiger partial charge in [-0.25, -0.2) is 4.79 Å². The fraction of sp³-hybridized carbons (Fsp3) is 0.0667. The number of nitrogens with one attached hydrogen (secondary N) is 1. The van der Waals surface area contributed by atoms with Gasteiger partial charge in [0, 0.05) is 15.7 Å². The lowest BCUT2D eigenvalue weighted by Gasteiger charge is -2.07. The van der Waals surface area contributed by atoms with Crippen LogP contribution in [0.15, 0.2) is 53.0 Å². The number of ether oxygens (including phenoxy) is 1. The van der Waals surface area contributed by atoms with E-state index in [1.54, 1.807) is 48.5 Å². The standard InChI is InChI=1S/C15H12BrNO3/c1-20-15(19)11-3-2-4-13(9-11)17-14(18)10-5-7-12(16)8-6-10/h2-9H,1H3,(H,17,18). The number of benzene rings is 2. The number of carbonyl (C=O) groups is 2. The maximum absolute atomic E-state index is 12.0. The summed E-state index contributed by atoms with van der Waals surface area (Å²) in [7, 11) is 1.31. The molecule has 0 fully saturated rings. The molecule has 0 aliphatic heterocycles. The van der Waals surface area contributed by atoms with Gasteiger partial charge in [0.1, 0.15) is 0 Å². The van der Waals surface area contributed by atoms with Gasteiger partial charge in [-0.3, -0.25) is 4.79 Å². The highest BCUT2D eigenvalue weighted by atomic mass is 79.9. The molecule has 0 spiro atoms. The van der Waals surface area contributed by atoms with Gasteiger partial charge in [-0.1, -0.05) is 22.0 Å². The minimum atomic E-state index is -0.440. The summed E-state index contributed by atoms with van der Waals surface area (Å²) in [6, 6.07) is 13.6. The van der Waals surface area contributed by atoms with Crippen LogP contribution >= 0.6 is 15.9 Å². The molecule has 2 aromatic rings. The van der Waals surface area contributed by atoms with Crippen molar-refractivity contribution in [2.24, 2.45) is 0 Å². The van der Waals surface area contributed by atoms with Gasteiger partial charge in [-0.15, -0.1) is 0 Å². The molecule has 0 aliphatic rings. The third-order valence-corrected chi connectivity index (χ3v) is 3.18. The number of carbonyl (C=O) groups excluding carboxylic acids is 2. The Morgan fingerprint density at radius 3 is 2.40 bits per heavy atom. The number of amides is 1. The van der Waals surface area contributed by atoms with Crippen LogP contribution in [0.3, 0.4) is 0 Å². The Kier molecular flexibility index (Phi) is 4.53. The topological polar surface area (TPSA) is 55.4 Å². The van der Waals surface area contributed by atoms with Crippen LogP contribution < -0.4 is 5.32 Å². The molecule has 0 heterocycles. The van der Waals surface area contributed by atoms with Crippen LogP contribution in [-0.2, 0) is 4.74 Å². The van der Waals surface area contributed by atoms with Crippen LogP contribution in [-0.4, -0.2) is 19.0 Å². The molecule has 0 atom stereocenters. The quantitative estimate of drug-likeness (QED) is 0.875. The van der Waals surface area contributed by atoms with E-state index >= 15 is 0 Å². The highest BCUT2D eigenvalue weighted by Crippen LogP contribution is 2.15. The molecule has 1 N–H and O–H groups in total. The number of methoxy groups -OCH3 is 1. The van der Waals surface area contributed by atoms with Crippen molar-refractivity contribution in [3.63, 3.8) is 0 Å². The van der Waals surface area contributed by atoms with Gasteiger partial charge in [0.2, 0.25) is 0 Å². The second-order valence-corrected chi connectivity index (χ2v) is 4.95. The van der Waals surface area contributed by atoms with Crippen molar-refractivity contribution in [2.45, 2.75) is 0 Å². The fourth-order valence-corrected chi connectivity index (χ4v) is 1.91. The molecular weight excluding hydrogens is 322 g/mol. The molecule has 0 unspecified atom stereocenters. The van der Waals surface area contributed by atoms with Crippen molar-refractivity contribution in [1.29, 1.82) is 0 Å². The molecule has 2 aromatic carbocycles. The van der Waals surface area contributed by atoms with E-state index in [2.05, 4.69) is 26.0 Å². The lowest BCUT2D eigenvalue weighted by molar-refractivity contribution is 0.0600. The number of hydrogen-bond acceptors (Lipinski definition) is 3. The van der Waals surface area contributed by atoms with E-state index in [1.165, 1.54) is 7.11 Å². The Labute approximate surface area is 124 Å². The molecule has 2 rings (SSSR count). The first-order chi connectivity index (χ1) is 9.60. The zero-order valence-corrected chi connectivity index (χ0v) is 12.3. The summed E-state index contributed by atoms with van der Waals surface area (Å²) in [6.45, 7) is 0. The van der Waals surface area contributed by atoms with Gasteiger partial charge in [-0.2, -0.15) is 0 Å². The molecule has 102 valence electrons. The highest BCUT2D eigenvalue weighted by molar-refractivity contribution is 9.10. The average molecular weight is 334 g/mol. The van der Waals surface area contributed by atoms with Crippen molar-refractivity contribution < 1.29 is 14.3 Å². The van der Waals surface area contributed by atoms with Crippen LogP contribution in [0, 0.1) is 0 Å². The molecule has 0 aliphatic carbocycles. The van der Waals surface area contributed by atoms with Crippen molar-refractivity contribution >= 4 is 33.5 Å². The first-order valence-electron chi connectivity index (χ1n) is 5.85. The van der Waals surface area contributed by atoms with Crippen LogP contribution in [0.2, 0.25) is 0 Å². The van der Waals surface area contributed by atoms with Gasteiger partial charge in [0.05, 0.1) is 12.7 Å². The van der Waals surface area contributed by atoms with Crippen LogP contribution in [0.4, 0.5) is 5.69 Å². The summed E-state index contributed by atoms with van der Waals surface area (Å²) in [4.78, 5) is 23.5. The lowest BCUT2D eigenvalue weighted by Crippen LogP contribution is -2.12. The SMILES string of the molecule is COC(=O)c1cccc(NC(=O)c2ccc(Br)cc2)c1. The van der Waals surface area contributed by atoms with Crippen molar-refractivity contribution in [3.05, 3.63) is 64.1 Å². The third kappa shape index (κ3) is 3.45. The molecule has 0 aromatic heterocycles. The predicted molar refractivity (Wildman–Crippen MR) is 79.9 cm³/mol. The van der Waals surface area contributed by atoms with Crippen LogP contribution in [0.5, 0.6) is 0 Å². The number of hydrogen-bond donors (Lipinski definition) is 1. The van der Waals surface area contributed by atoms with Crippen molar-refractivity contribution in [2.75, 3.05) is 12.4 Å². The number of esters is 1. The fourth-order valence-electron chi connectivity index (χ4n) is 1.65. The van der Waals surface area contributed by atoms with Crippen molar-refractivity contribution in [1.82, 2.24) is 0 Å². The van der Waals surface area contributed by atoms with Gasteiger partial charge < -0.3 is 10.1 Å². The van der Waals surface area contributed by atoms with Gasteiger partial charge in [0.25, 0.3) is 5.91 Å². The second-order valence-electron chi connectivity index (χ2n) is 4.03. The monoisotopic (exact) mass is 333 g/mol. The Bertz CT molecular complexity index is 638. The zero-order chi connectivity index (χ0) is 14.5. The maximum atomic E-state index is 12.0. The smallest absolute Gasteiger partial charge is 0.337 e. The van der Waals surface area contributed by atoms with E-state index in [-0.39, 0.29) is 5.91 Å². The Morgan fingerprint density at radius 2 is 1.75 bits per heavy atom. The van der Waals surface area contributed by atoms with Gasteiger partial charge in [0.15, 0.2) is 0 Å². The summed E-state index contributed by atoms with van der Waals surface area (Å²) in [5.74, 6) is -0.677. The average Bonchev–Trinajstić information content (AvgIpc) is 2.47. The Morgan fingerprint density at radius 1 is 1.05 bits per heavy atom. The van der Waals surface area contributed by atoms with E-state index in [1.807, 2.05) is 0 Å². The summed E-state index contributed by atoms with van der Waals surface area (Å²) >= 11 is 3.31. The normalized spacial score (nSPS) is 9.90. The lowest BCUT2D eigenvalue weighted by atomic mass is 10.2. The van der Waals surface area contributed by atoms with E-state index in [9.17, 15) is 9.59 Å². The van der Waals surface area contributed by atoms with E-state index in [4.69, 9.17) is 0 Å². The second kappa shape index (κ2) is 6.34. The number of rotatable bonds is 3. The first-order valence-corrected chi connectivity index (χ1v) is 6.65. The van der Waals surface area contributed by atoms with Crippen molar-refractivity contribution in [3.8, 4) is 0 Å². The maximum Gasteiger partial charge on any atom is 0.337 e. The number of anilines is 1. The molecule has 5 heteroatoms. The third-order valence-electron chi connectivity index (χ3n) is 2.65. The molecule has 1 amide bonds. The zero-order valence-electron chi connectivity index (χ0n) is 10.7. The largest absolute Gasteiger partial charge is 0.465 e. The van der Waals surface area contributed by atoms with Crippen LogP contribution in [0.25, 0.3) is 0 Å². The predicted octanol–water partition coefficient (Wildman–Crippen LogP) is 3.49. The minimum absolute atomic E-state index is 0.237. The summed E-state index contributed by atoms with van der Waals surface area (Å²) < 4.78 is 5.54. The molecule has 0 saturated heterocycles. The molecule has 4 nitrogen and oxygen atoms in total. The van der Waals surface area contributed by atoms with Crippen LogP contribution in [0.1, 0.15) is 20.7 Å². The summed E-state index contributed by atoms with van der Waals surface area (Å²) in [5.41, 5.74) is 1.47. The molecule has 20 heavy (non-hydrogen) atoms. The first kappa shape index (κ1) is 14.3. The minimum Gasteiger partial charge on any atom is -0.465 e. The molecule has 0 radical (unpaired) electrons. The van der Waals surface area contributed by atoms with E-state index in [0.29, 0.717) is 16.8 Å². The number of halogens is 1. The van der Waals surface area contributed by atoms with Gasteiger partial charge in [-0.05, 0) is 42.5 Å². The molecule has 0 saturated carbocycles. The van der Waals surface area contributed by atoms with Gasteiger partial charge >= 0.3 is 5.97 Å². The summed E-state index contributed by atoms with van der Waals surface area (Å²) in [6.07, 6.45) is 0. The Hall–Kier alpha value is -2.14. The Balaban J connectivity index is 2.15. The van der Waals surface area contributed by atoms with E-state index in [0.717, 1.165) is 4.47 Å².